The summed E-state index contributed by atoms with van der Waals surface area (Å²) < 4.78 is 5.36. The molecule has 1 aromatic rings. The van der Waals surface area contributed by atoms with Gasteiger partial charge in [-0.3, -0.25) is 4.79 Å². The maximum absolute atomic E-state index is 11.8. The average molecular weight is 276 g/mol. The van der Waals surface area contributed by atoms with Crippen LogP contribution < -0.4 is 9.80 Å². The molecule has 1 aromatic carbocycles. The number of ether oxygens (including phenoxy) is 1. The zero-order valence-corrected chi connectivity index (χ0v) is 12.8. The van der Waals surface area contributed by atoms with Gasteiger partial charge in [-0.05, 0) is 32.9 Å². The molecule has 0 radical (unpaired) electrons. The molecule has 0 unspecified atom stereocenters. The summed E-state index contributed by atoms with van der Waals surface area (Å²) in [4.78, 5) is 16.3. The highest BCUT2D eigenvalue weighted by molar-refractivity contribution is 5.75. The van der Waals surface area contributed by atoms with Crippen molar-refractivity contribution in [1.29, 1.82) is 0 Å². The van der Waals surface area contributed by atoms with Crippen molar-refractivity contribution in [2.45, 2.75) is 32.8 Å². The predicted octanol–water partition coefficient (Wildman–Crippen LogP) is 2.67. The summed E-state index contributed by atoms with van der Waals surface area (Å²) in [5, 5.41) is 0. The van der Waals surface area contributed by atoms with E-state index in [0.29, 0.717) is 13.0 Å². The first kappa shape index (κ1) is 14.7. The number of esters is 1. The van der Waals surface area contributed by atoms with E-state index in [9.17, 15) is 4.79 Å². The second-order valence-corrected chi connectivity index (χ2v) is 6.23. The van der Waals surface area contributed by atoms with E-state index in [1.54, 1.807) is 0 Å². The third-order valence-corrected chi connectivity index (χ3v) is 3.34. The zero-order valence-electron chi connectivity index (χ0n) is 12.8. The molecule has 1 aliphatic rings. The lowest BCUT2D eigenvalue weighted by Crippen LogP contribution is -2.40. The van der Waals surface area contributed by atoms with Gasteiger partial charge >= 0.3 is 5.97 Å². The van der Waals surface area contributed by atoms with E-state index >= 15 is 0 Å². The fourth-order valence-corrected chi connectivity index (χ4v) is 2.42. The van der Waals surface area contributed by atoms with Crippen LogP contribution in [0.3, 0.4) is 0 Å². The van der Waals surface area contributed by atoms with Crippen molar-refractivity contribution in [3.05, 3.63) is 24.3 Å². The van der Waals surface area contributed by atoms with Crippen molar-refractivity contribution < 1.29 is 9.53 Å². The number of rotatable bonds is 3. The lowest BCUT2D eigenvalue weighted by Gasteiger charge is -2.37. The number of likely N-dealkylation sites (N-methyl/N-ethyl adjacent to an activating group) is 1. The van der Waals surface area contributed by atoms with E-state index in [-0.39, 0.29) is 5.97 Å². The molecule has 20 heavy (non-hydrogen) atoms. The first-order valence-corrected chi connectivity index (χ1v) is 7.14. The molecule has 0 saturated carbocycles. The lowest BCUT2D eigenvalue weighted by molar-refractivity contribution is -0.154. The number of carbonyl (C=O) groups is 1. The van der Waals surface area contributed by atoms with Crippen LogP contribution in [0.4, 0.5) is 11.4 Å². The van der Waals surface area contributed by atoms with E-state index in [1.165, 1.54) is 11.4 Å². The van der Waals surface area contributed by atoms with Crippen molar-refractivity contribution >= 4 is 17.3 Å². The minimum Gasteiger partial charge on any atom is -0.460 e. The third kappa shape index (κ3) is 3.65. The van der Waals surface area contributed by atoms with Crippen molar-refractivity contribution in [2.24, 2.45) is 0 Å². The number of carbonyl (C=O) groups excluding carboxylic acids is 1. The highest BCUT2D eigenvalue weighted by Crippen LogP contribution is 2.31. The Labute approximate surface area is 121 Å². The molecule has 0 bridgehead atoms. The van der Waals surface area contributed by atoms with Gasteiger partial charge in [-0.1, -0.05) is 12.1 Å². The molecule has 0 amide bonds. The van der Waals surface area contributed by atoms with E-state index in [0.717, 1.165) is 13.1 Å². The Balaban J connectivity index is 1.98. The van der Waals surface area contributed by atoms with Gasteiger partial charge in [0.15, 0.2) is 0 Å². The minimum atomic E-state index is -0.406. The Hall–Kier alpha value is -1.71. The van der Waals surface area contributed by atoms with E-state index in [4.69, 9.17) is 4.74 Å². The molecule has 2 rings (SSSR count). The van der Waals surface area contributed by atoms with Crippen LogP contribution in [0.1, 0.15) is 27.2 Å². The standard InChI is InChI=1S/C16H24N2O2/c1-16(2,3)20-15(19)9-10-18-12-11-17(4)13-7-5-6-8-14(13)18/h5-8H,9-12H2,1-4H3. The van der Waals surface area contributed by atoms with Gasteiger partial charge < -0.3 is 14.5 Å². The maximum Gasteiger partial charge on any atom is 0.308 e. The first-order chi connectivity index (χ1) is 9.37. The average Bonchev–Trinajstić information content (AvgIpc) is 2.36. The Morgan fingerprint density at radius 2 is 1.85 bits per heavy atom. The monoisotopic (exact) mass is 276 g/mol. The van der Waals surface area contributed by atoms with E-state index in [1.807, 2.05) is 32.9 Å². The molecular weight excluding hydrogens is 252 g/mol. The highest BCUT2D eigenvalue weighted by Gasteiger charge is 2.21. The SMILES string of the molecule is CN1CCN(CCC(=O)OC(C)(C)C)c2ccccc21. The molecule has 0 spiro atoms. The summed E-state index contributed by atoms with van der Waals surface area (Å²) >= 11 is 0. The molecule has 0 saturated heterocycles. The highest BCUT2D eigenvalue weighted by atomic mass is 16.6. The second-order valence-electron chi connectivity index (χ2n) is 6.23. The molecule has 0 atom stereocenters. The number of fused-ring (bicyclic) bond motifs is 1. The van der Waals surface area contributed by atoms with Crippen molar-refractivity contribution in [2.75, 3.05) is 36.5 Å². The number of para-hydroxylation sites is 2. The maximum atomic E-state index is 11.8. The van der Waals surface area contributed by atoms with Gasteiger partial charge in [-0.15, -0.1) is 0 Å². The molecule has 1 aliphatic heterocycles. The topological polar surface area (TPSA) is 32.8 Å². The molecule has 0 fully saturated rings. The Bertz CT molecular complexity index is 480. The fourth-order valence-electron chi connectivity index (χ4n) is 2.42. The van der Waals surface area contributed by atoms with Crippen LogP contribution >= 0.6 is 0 Å². The van der Waals surface area contributed by atoms with Crippen LogP contribution in [0.5, 0.6) is 0 Å². The zero-order chi connectivity index (χ0) is 14.8. The molecule has 1 heterocycles. The van der Waals surface area contributed by atoms with Crippen LogP contribution in [0.25, 0.3) is 0 Å². The van der Waals surface area contributed by atoms with Gasteiger partial charge in [0.2, 0.25) is 0 Å². The number of nitrogens with zero attached hydrogens (tertiary/aromatic N) is 2. The van der Waals surface area contributed by atoms with Crippen molar-refractivity contribution in [1.82, 2.24) is 0 Å². The molecule has 110 valence electrons. The summed E-state index contributed by atoms with van der Waals surface area (Å²) in [7, 11) is 2.10. The summed E-state index contributed by atoms with van der Waals surface area (Å²) in [6, 6.07) is 8.32. The number of anilines is 2. The number of hydrogen-bond acceptors (Lipinski definition) is 4. The van der Waals surface area contributed by atoms with Crippen LogP contribution in [0, 0.1) is 0 Å². The Kier molecular flexibility index (Phi) is 4.21. The van der Waals surface area contributed by atoms with Gasteiger partial charge in [0.25, 0.3) is 0 Å². The fraction of sp³-hybridized carbons (Fsp3) is 0.562. The molecule has 0 aromatic heterocycles. The Morgan fingerprint density at radius 1 is 1.20 bits per heavy atom. The smallest absolute Gasteiger partial charge is 0.308 e. The summed E-state index contributed by atoms with van der Waals surface area (Å²) in [5.41, 5.74) is 2.02. The summed E-state index contributed by atoms with van der Waals surface area (Å²) in [5.74, 6) is -0.131. The Morgan fingerprint density at radius 3 is 2.50 bits per heavy atom. The minimum absolute atomic E-state index is 0.131. The lowest BCUT2D eigenvalue weighted by atomic mass is 10.1. The third-order valence-electron chi connectivity index (χ3n) is 3.34. The van der Waals surface area contributed by atoms with Gasteiger partial charge in [-0.25, -0.2) is 0 Å². The van der Waals surface area contributed by atoms with Crippen LogP contribution in [0.2, 0.25) is 0 Å². The first-order valence-electron chi connectivity index (χ1n) is 7.14. The molecule has 0 N–H and O–H groups in total. The predicted molar refractivity (Wildman–Crippen MR) is 82.4 cm³/mol. The van der Waals surface area contributed by atoms with Crippen molar-refractivity contribution in [3.8, 4) is 0 Å². The molecule has 4 nitrogen and oxygen atoms in total. The molecule has 0 aliphatic carbocycles. The van der Waals surface area contributed by atoms with Crippen molar-refractivity contribution in [3.63, 3.8) is 0 Å². The largest absolute Gasteiger partial charge is 0.460 e. The number of benzene rings is 1. The second kappa shape index (κ2) is 5.73. The van der Waals surface area contributed by atoms with Crippen LogP contribution in [-0.4, -0.2) is 38.3 Å². The van der Waals surface area contributed by atoms with Gasteiger partial charge in [-0.2, -0.15) is 0 Å². The van der Waals surface area contributed by atoms with E-state index in [2.05, 4.69) is 29.0 Å². The summed E-state index contributed by atoms with van der Waals surface area (Å²) in [6.07, 6.45) is 0.426. The normalized spacial score (nSPS) is 15.0. The van der Waals surface area contributed by atoms with Gasteiger partial charge in [0, 0.05) is 26.7 Å². The van der Waals surface area contributed by atoms with Crippen LogP contribution in [-0.2, 0) is 9.53 Å². The van der Waals surface area contributed by atoms with Gasteiger partial charge in [0.05, 0.1) is 17.8 Å². The quantitative estimate of drug-likeness (QED) is 0.795. The van der Waals surface area contributed by atoms with Crippen LogP contribution in [0.15, 0.2) is 24.3 Å². The van der Waals surface area contributed by atoms with E-state index < -0.39 is 5.60 Å². The summed E-state index contributed by atoms with van der Waals surface area (Å²) in [6.45, 7) is 8.32. The number of hydrogen-bond donors (Lipinski definition) is 0. The van der Waals surface area contributed by atoms with Gasteiger partial charge in [0.1, 0.15) is 5.60 Å². The molecular formula is C16H24N2O2. The molecule has 4 heteroatoms.